The van der Waals surface area contributed by atoms with Gasteiger partial charge in [-0.25, -0.2) is 4.79 Å². The fraction of sp³-hybridized carbons (Fsp3) is 0.0588. The van der Waals surface area contributed by atoms with E-state index in [1.54, 1.807) is 30.3 Å². The van der Waals surface area contributed by atoms with Crippen molar-refractivity contribution in [2.24, 2.45) is 0 Å². The summed E-state index contributed by atoms with van der Waals surface area (Å²) in [4.78, 5) is 25.8. The number of aromatic nitrogens is 2. The Hall–Kier alpha value is -2.94. The van der Waals surface area contributed by atoms with E-state index in [1.807, 2.05) is 0 Å². The van der Waals surface area contributed by atoms with Crippen LogP contribution in [0.4, 0.5) is 13.2 Å². The predicted octanol–water partition coefficient (Wildman–Crippen LogP) is 3.61. The first-order chi connectivity index (χ1) is 12.2. The quantitative estimate of drug-likeness (QED) is 0.538. The van der Waals surface area contributed by atoms with Crippen molar-refractivity contribution >= 4 is 11.8 Å². The predicted molar refractivity (Wildman–Crippen MR) is 89.5 cm³/mol. The van der Waals surface area contributed by atoms with E-state index in [0.717, 1.165) is 30.0 Å². The molecule has 2 N–H and O–H groups in total. The minimum absolute atomic E-state index is 0.0525. The lowest BCUT2D eigenvalue weighted by atomic mass is 10.0. The molecule has 0 saturated carbocycles. The van der Waals surface area contributed by atoms with E-state index in [2.05, 4.69) is 4.98 Å². The monoisotopic (exact) mass is 380 g/mol. The number of hydrogen-bond acceptors (Lipinski definition) is 4. The summed E-state index contributed by atoms with van der Waals surface area (Å²) in [5.74, 6) is 0. The molecule has 0 unspecified atom stereocenters. The highest BCUT2D eigenvalue weighted by molar-refractivity contribution is 7.99. The molecule has 9 heteroatoms. The molecule has 0 fully saturated rings. The van der Waals surface area contributed by atoms with Crippen LogP contribution in [0.25, 0.3) is 11.1 Å². The van der Waals surface area contributed by atoms with E-state index < -0.39 is 23.0 Å². The van der Waals surface area contributed by atoms with Gasteiger partial charge in [0.2, 0.25) is 0 Å². The number of aromatic amines is 1. The summed E-state index contributed by atoms with van der Waals surface area (Å²) in [7, 11) is 0. The number of nitrogens with zero attached hydrogens (tertiary/aromatic N) is 1. The molecule has 2 aromatic carbocycles. The number of alkyl halides is 3. The molecule has 0 radical (unpaired) electrons. The first kappa shape index (κ1) is 17.9. The molecule has 0 aliphatic carbocycles. The highest BCUT2D eigenvalue weighted by Crippen LogP contribution is 2.33. The number of hydrogen-bond donors (Lipinski definition) is 2. The van der Waals surface area contributed by atoms with Crippen molar-refractivity contribution in [1.29, 1.82) is 0 Å². The molecule has 0 bridgehead atoms. The molecule has 26 heavy (non-hydrogen) atoms. The van der Waals surface area contributed by atoms with E-state index in [1.165, 1.54) is 6.07 Å². The van der Waals surface area contributed by atoms with Crippen LogP contribution >= 0.6 is 11.8 Å². The minimum Gasteiger partial charge on any atom is -0.421 e. The molecule has 0 amide bonds. The second-order valence-corrected chi connectivity index (χ2v) is 6.41. The van der Waals surface area contributed by atoms with Crippen LogP contribution in [0.15, 0.2) is 74.1 Å². The Labute approximate surface area is 148 Å². The van der Waals surface area contributed by atoms with Gasteiger partial charge in [0.05, 0.1) is 10.6 Å². The van der Waals surface area contributed by atoms with Crippen molar-refractivity contribution in [2.45, 2.75) is 16.1 Å². The van der Waals surface area contributed by atoms with E-state index in [4.69, 9.17) is 5.21 Å². The summed E-state index contributed by atoms with van der Waals surface area (Å²) in [5.41, 5.74) is -1.66. The van der Waals surface area contributed by atoms with Gasteiger partial charge in [0.15, 0.2) is 0 Å². The minimum atomic E-state index is -4.43. The van der Waals surface area contributed by atoms with Crippen molar-refractivity contribution in [1.82, 2.24) is 9.71 Å². The van der Waals surface area contributed by atoms with Gasteiger partial charge < -0.3 is 5.21 Å². The molecule has 3 rings (SSSR count). The lowest BCUT2D eigenvalue weighted by Gasteiger charge is -2.10. The van der Waals surface area contributed by atoms with Gasteiger partial charge in [0.1, 0.15) is 0 Å². The summed E-state index contributed by atoms with van der Waals surface area (Å²) in [6.07, 6.45) is -4.43. The highest BCUT2D eigenvalue weighted by atomic mass is 32.2. The Morgan fingerprint density at radius 2 is 1.62 bits per heavy atom. The third-order valence-electron chi connectivity index (χ3n) is 3.47. The summed E-state index contributed by atoms with van der Waals surface area (Å²) >= 11 is 1.04. The summed E-state index contributed by atoms with van der Waals surface area (Å²) in [6.45, 7) is 0. The number of benzene rings is 2. The zero-order chi connectivity index (χ0) is 18.9. The number of nitrogens with one attached hydrogen (secondary N) is 1. The topological polar surface area (TPSA) is 75.1 Å². The van der Waals surface area contributed by atoms with Gasteiger partial charge >= 0.3 is 11.9 Å². The SMILES string of the molecule is O=c1cc(Sc2cccc(-c3cccc(C(F)(F)F)c3)c2)[nH]c(=O)n1O. The Kier molecular flexibility index (Phi) is 4.64. The molecular formula is C17H11F3N2O3S. The summed E-state index contributed by atoms with van der Waals surface area (Å²) in [5, 5.41) is 9.34. The molecule has 0 spiro atoms. The summed E-state index contributed by atoms with van der Waals surface area (Å²) < 4.78 is 38.6. The molecule has 134 valence electrons. The molecule has 3 aromatic rings. The lowest BCUT2D eigenvalue weighted by molar-refractivity contribution is -0.137. The van der Waals surface area contributed by atoms with Gasteiger partial charge in [-0.15, -0.1) is 0 Å². The van der Waals surface area contributed by atoms with Crippen LogP contribution in [0.5, 0.6) is 0 Å². The van der Waals surface area contributed by atoms with Crippen LogP contribution in [0.3, 0.4) is 0 Å². The van der Waals surface area contributed by atoms with Gasteiger partial charge in [-0.1, -0.05) is 40.8 Å². The van der Waals surface area contributed by atoms with Crippen molar-refractivity contribution in [2.75, 3.05) is 0 Å². The second-order valence-electron chi connectivity index (χ2n) is 5.30. The fourth-order valence-corrected chi connectivity index (χ4v) is 3.15. The van der Waals surface area contributed by atoms with E-state index >= 15 is 0 Å². The van der Waals surface area contributed by atoms with Crippen molar-refractivity contribution in [3.8, 4) is 11.1 Å². The molecule has 1 heterocycles. The van der Waals surface area contributed by atoms with Gasteiger partial charge in [-0.05, 0) is 35.4 Å². The Bertz CT molecular complexity index is 1040. The first-order valence-electron chi connectivity index (χ1n) is 7.25. The molecule has 5 nitrogen and oxygen atoms in total. The molecule has 0 aliphatic heterocycles. The van der Waals surface area contributed by atoms with Gasteiger partial charge in [-0.3, -0.25) is 9.78 Å². The zero-order valence-electron chi connectivity index (χ0n) is 12.9. The smallest absolute Gasteiger partial charge is 0.416 e. The third kappa shape index (κ3) is 3.83. The lowest BCUT2D eigenvalue weighted by Crippen LogP contribution is -2.32. The maximum Gasteiger partial charge on any atom is 0.416 e. The normalized spacial score (nSPS) is 11.5. The van der Waals surface area contributed by atoms with Crippen molar-refractivity contribution in [3.63, 3.8) is 0 Å². The average Bonchev–Trinajstić information content (AvgIpc) is 2.59. The number of rotatable bonds is 3. The molecule has 0 saturated heterocycles. The fourth-order valence-electron chi connectivity index (χ4n) is 2.26. The Morgan fingerprint density at radius 1 is 0.962 bits per heavy atom. The van der Waals surface area contributed by atoms with Crippen LogP contribution in [0.1, 0.15) is 5.56 Å². The van der Waals surface area contributed by atoms with Crippen molar-refractivity contribution < 1.29 is 18.4 Å². The second kappa shape index (κ2) is 6.75. The molecule has 1 aromatic heterocycles. The van der Waals surface area contributed by atoms with Gasteiger partial charge in [0, 0.05) is 11.0 Å². The standard InChI is InChI=1S/C17H11F3N2O3S/c18-17(19,20)12-5-1-3-10(7-12)11-4-2-6-13(8-11)26-14-9-15(23)22(25)16(24)21-14/h1-9,25H,(H,21,24). The number of halogens is 3. The van der Waals surface area contributed by atoms with E-state index in [9.17, 15) is 22.8 Å². The third-order valence-corrected chi connectivity index (χ3v) is 4.40. The Balaban J connectivity index is 1.95. The summed E-state index contributed by atoms with van der Waals surface area (Å²) in [6, 6.07) is 12.6. The van der Waals surface area contributed by atoms with Crippen LogP contribution in [0, 0.1) is 0 Å². The van der Waals surface area contributed by atoms with Crippen LogP contribution in [0.2, 0.25) is 0 Å². The largest absolute Gasteiger partial charge is 0.421 e. The molecule has 0 aliphatic rings. The Morgan fingerprint density at radius 3 is 2.27 bits per heavy atom. The average molecular weight is 380 g/mol. The molecular weight excluding hydrogens is 369 g/mol. The zero-order valence-corrected chi connectivity index (χ0v) is 13.8. The van der Waals surface area contributed by atoms with E-state index in [0.29, 0.717) is 16.0 Å². The van der Waals surface area contributed by atoms with Gasteiger partial charge in [0.25, 0.3) is 5.56 Å². The van der Waals surface area contributed by atoms with Crippen LogP contribution in [-0.4, -0.2) is 14.9 Å². The van der Waals surface area contributed by atoms with Gasteiger partial charge in [-0.2, -0.15) is 13.2 Å². The van der Waals surface area contributed by atoms with E-state index in [-0.39, 0.29) is 9.76 Å². The first-order valence-corrected chi connectivity index (χ1v) is 8.07. The number of H-pyrrole nitrogens is 1. The van der Waals surface area contributed by atoms with Crippen molar-refractivity contribution in [3.05, 3.63) is 81.0 Å². The maximum atomic E-state index is 12.9. The van der Waals surface area contributed by atoms with Crippen LogP contribution < -0.4 is 11.2 Å². The molecule has 0 atom stereocenters. The maximum absolute atomic E-state index is 12.9. The van der Waals surface area contributed by atoms with Crippen LogP contribution in [-0.2, 0) is 6.18 Å². The highest BCUT2D eigenvalue weighted by Gasteiger charge is 2.30.